The number of esters is 2. The van der Waals surface area contributed by atoms with Gasteiger partial charge in [-0.25, -0.2) is 14.4 Å². The molecule has 1 N–H and O–H groups in total. The molecule has 0 saturated heterocycles. The Hall–Kier alpha value is -2.01. The van der Waals surface area contributed by atoms with Crippen LogP contribution in [0.15, 0.2) is 36.4 Å². The summed E-state index contributed by atoms with van der Waals surface area (Å²) in [5.41, 5.74) is 0.0511. The molecule has 0 spiro atoms. The molecule has 0 atom stereocenters. The SMILES string of the molecule is C=C(C)C(=O)OCCOC(=O)c1ccccc1C(=O)O.[Zn]. The predicted molar refractivity (Wildman–Crippen MR) is 69.5 cm³/mol. The number of carboxylic acid groups (broad SMARTS) is 1. The van der Waals surface area contributed by atoms with Crippen LogP contribution in [0.2, 0.25) is 0 Å². The fraction of sp³-hybridized carbons (Fsp3) is 0.214. The molecule has 6 nitrogen and oxygen atoms in total. The zero-order chi connectivity index (χ0) is 15.1. The van der Waals surface area contributed by atoms with Crippen molar-refractivity contribution in [2.24, 2.45) is 0 Å². The van der Waals surface area contributed by atoms with Crippen LogP contribution in [0.3, 0.4) is 0 Å². The molecule has 108 valence electrons. The molecular formula is C14H14O6Zn. The second-order valence-corrected chi connectivity index (χ2v) is 3.90. The Morgan fingerprint density at radius 3 is 2.14 bits per heavy atom. The summed E-state index contributed by atoms with van der Waals surface area (Å²) < 4.78 is 9.58. The number of rotatable bonds is 6. The fourth-order valence-electron chi connectivity index (χ4n) is 1.32. The molecular weight excluding hydrogens is 330 g/mol. The van der Waals surface area contributed by atoms with Gasteiger partial charge in [-0.05, 0) is 19.1 Å². The first-order valence-corrected chi connectivity index (χ1v) is 5.75. The maximum atomic E-state index is 11.7. The smallest absolute Gasteiger partial charge is 0.339 e. The average Bonchev–Trinajstić information content (AvgIpc) is 2.42. The number of ether oxygens (including phenoxy) is 2. The van der Waals surface area contributed by atoms with Crippen LogP contribution in [-0.2, 0) is 33.7 Å². The molecule has 0 bridgehead atoms. The van der Waals surface area contributed by atoms with Gasteiger partial charge in [0.25, 0.3) is 0 Å². The van der Waals surface area contributed by atoms with E-state index in [1.54, 1.807) is 0 Å². The van der Waals surface area contributed by atoms with Crippen LogP contribution in [0.5, 0.6) is 0 Å². The van der Waals surface area contributed by atoms with Crippen molar-refractivity contribution in [2.75, 3.05) is 13.2 Å². The summed E-state index contributed by atoms with van der Waals surface area (Å²) in [7, 11) is 0. The zero-order valence-corrected chi connectivity index (χ0v) is 14.6. The third kappa shape index (κ3) is 5.87. The van der Waals surface area contributed by atoms with Gasteiger partial charge in [-0.15, -0.1) is 0 Å². The molecule has 1 rings (SSSR count). The Labute approximate surface area is 134 Å². The fourth-order valence-corrected chi connectivity index (χ4v) is 1.32. The van der Waals surface area contributed by atoms with Crippen LogP contribution >= 0.6 is 0 Å². The van der Waals surface area contributed by atoms with E-state index in [2.05, 4.69) is 6.58 Å². The van der Waals surface area contributed by atoms with Crippen LogP contribution in [0.4, 0.5) is 0 Å². The molecule has 0 unspecified atom stereocenters. The van der Waals surface area contributed by atoms with Gasteiger partial charge < -0.3 is 14.6 Å². The van der Waals surface area contributed by atoms with E-state index in [1.807, 2.05) is 0 Å². The number of aromatic carboxylic acids is 1. The van der Waals surface area contributed by atoms with Crippen molar-refractivity contribution >= 4 is 17.9 Å². The average molecular weight is 344 g/mol. The van der Waals surface area contributed by atoms with E-state index in [4.69, 9.17) is 14.6 Å². The normalized spacial score (nSPS) is 9.19. The molecule has 0 saturated carbocycles. The first kappa shape index (κ1) is 19.0. The van der Waals surface area contributed by atoms with Crippen molar-refractivity contribution in [3.05, 3.63) is 47.5 Å². The summed E-state index contributed by atoms with van der Waals surface area (Å²) in [6.45, 7) is 4.62. The van der Waals surface area contributed by atoms with E-state index >= 15 is 0 Å². The summed E-state index contributed by atoms with van der Waals surface area (Å²) in [6, 6.07) is 5.70. The van der Waals surface area contributed by atoms with Gasteiger partial charge in [0.1, 0.15) is 13.2 Å². The van der Waals surface area contributed by atoms with Gasteiger partial charge in [-0.3, -0.25) is 0 Å². The molecule has 0 radical (unpaired) electrons. The number of carboxylic acids is 1. The van der Waals surface area contributed by atoms with Crippen LogP contribution in [0, 0.1) is 0 Å². The monoisotopic (exact) mass is 342 g/mol. The van der Waals surface area contributed by atoms with E-state index in [9.17, 15) is 14.4 Å². The number of benzene rings is 1. The standard InChI is InChI=1S/C14H14O6.Zn/c1-9(2)13(17)19-7-8-20-14(18)11-6-4-3-5-10(11)12(15)16;/h3-6H,1,7-8H2,2H3,(H,15,16);. The topological polar surface area (TPSA) is 89.9 Å². The Morgan fingerprint density at radius 2 is 1.62 bits per heavy atom. The molecule has 0 aliphatic heterocycles. The molecule has 0 aliphatic carbocycles. The first-order valence-electron chi connectivity index (χ1n) is 5.75. The van der Waals surface area contributed by atoms with E-state index in [1.165, 1.54) is 31.2 Å². The van der Waals surface area contributed by atoms with E-state index < -0.39 is 17.9 Å². The Morgan fingerprint density at radius 1 is 1.10 bits per heavy atom. The van der Waals surface area contributed by atoms with E-state index in [0.29, 0.717) is 0 Å². The van der Waals surface area contributed by atoms with Gasteiger partial charge in [-0.2, -0.15) is 0 Å². The summed E-state index contributed by atoms with van der Waals surface area (Å²) in [5.74, 6) is -2.58. The molecule has 7 heteroatoms. The molecule has 21 heavy (non-hydrogen) atoms. The van der Waals surface area contributed by atoms with Gasteiger partial charge in [0.2, 0.25) is 0 Å². The summed E-state index contributed by atoms with van der Waals surface area (Å²) in [5, 5.41) is 8.93. The summed E-state index contributed by atoms with van der Waals surface area (Å²) in [4.78, 5) is 33.7. The van der Waals surface area contributed by atoms with Crippen molar-refractivity contribution < 1.29 is 48.4 Å². The number of carbonyl (C=O) groups is 3. The van der Waals surface area contributed by atoms with Crippen molar-refractivity contribution in [1.29, 1.82) is 0 Å². The van der Waals surface area contributed by atoms with Crippen molar-refractivity contribution in [3.63, 3.8) is 0 Å². The van der Waals surface area contributed by atoms with Crippen LogP contribution in [0.25, 0.3) is 0 Å². The van der Waals surface area contributed by atoms with Crippen LogP contribution < -0.4 is 0 Å². The molecule has 1 aromatic carbocycles. The van der Waals surface area contributed by atoms with Gasteiger partial charge in [0, 0.05) is 25.1 Å². The number of carbonyl (C=O) groups excluding carboxylic acids is 2. The van der Waals surface area contributed by atoms with Gasteiger partial charge in [0.15, 0.2) is 0 Å². The molecule has 0 aromatic heterocycles. The van der Waals surface area contributed by atoms with Gasteiger partial charge >= 0.3 is 17.9 Å². The second-order valence-electron chi connectivity index (χ2n) is 3.90. The Balaban J connectivity index is 0.00000400. The summed E-state index contributed by atoms with van der Waals surface area (Å²) in [6.07, 6.45) is 0. The third-order valence-electron chi connectivity index (χ3n) is 2.28. The van der Waals surface area contributed by atoms with Crippen LogP contribution in [-0.4, -0.2) is 36.2 Å². The van der Waals surface area contributed by atoms with Crippen molar-refractivity contribution in [1.82, 2.24) is 0 Å². The summed E-state index contributed by atoms with van der Waals surface area (Å²) >= 11 is 0. The zero-order valence-electron chi connectivity index (χ0n) is 11.6. The maximum absolute atomic E-state index is 11.7. The minimum atomic E-state index is -1.22. The molecule has 0 heterocycles. The third-order valence-corrected chi connectivity index (χ3v) is 2.28. The van der Waals surface area contributed by atoms with E-state index in [0.717, 1.165) is 0 Å². The quantitative estimate of drug-likeness (QED) is 0.366. The molecule has 1 aromatic rings. The second kappa shape index (κ2) is 9.03. The van der Waals surface area contributed by atoms with E-state index in [-0.39, 0.29) is 49.4 Å². The van der Waals surface area contributed by atoms with Crippen molar-refractivity contribution in [2.45, 2.75) is 6.92 Å². The molecule has 0 amide bonds. The van der Waals surface area contributed by atoms with Crippen molar-refractivity contribution in [3.8, 4) is 0 Å². The first-order chi connectivity index (χ1) is 9.43. The van der Waals surface area contributed by atoms with Gasteiger partial charge in [-0.1, -0.05) is 18.7 Å². The Bertz CT molecular complexity index is 552. The Kier molecular flexibility index (Phi) is 8.16. The van der Waals surface area contributed by atoms with Crippen LogP contribution in [0.1, 0.15) is 27.6 Å². The number of hydrogen-bond donors (Lipinski definition) is 1. The minimum Gasteiger partial charge on any atom is -0.478 e. The molecule has 0 aliphatic rings. The molecule has 0 fully saturated rings. The van der Waals surface area contributed by atoms with Gasteiger partial charge in [0.05, 0.1) is 11.1 Å². The predicted octanol–water partition coefficient (Wildman–Crippen LogP) is 1.66. The largest absolute Gasteiger partial charge is 0.478 e. The maximum Gasteiger partial charge on any atom is 0.339 e. The minimum absolute atomic E-state index is 0. The number of hydrogen-bond acceptors (Lipinski definition) is 5.